The van der Waals surface area contributed by atoms with E-state index in [2.05, 4.69) is 4.98 Å². The molecule has 0 fully saturated rings. The second kappa shape index (κ2) is 4.95. The number of nitro benzene ring substituents is 1. The standard InChI is InChI=1S/C14H10FN3O3/c15-11-3-2-10(5-13(11)18(20)21)12-7-17-6-9(8-19)1-4-14(17)16-12/h1-7,19H,8H2. The van der Waals surface area contributed by atoms with Gasteiger partial charge in [0, 0.05) is 24.0 Å². The molecule has 0 aliphatic carbocycles. The number of halogens is 1. The van der Waals surface area contributed by atoms with Gasteiger partial charge >= 0.3 is 5.69 Å². The van der Waals surface area contributed by atoms with Crippen LogP contribution in [0.2, 0.25) is 0 Å². The third-order valence-electron chi connectivity index (χ3n) is 3.13. The van der Waals surface area contributed by atoms with Crippen molar-refractivity contribution in [3.8, 4) is 11.3 Å². The minimum absolute atomic E-state index is 0.0918. The molecule has 3 rings (SSSR count). The van der Waals surface area contributed by atoms with Crippen molar-refractivity contribution >= 4 is 11.3 Å². The molecule has 2 heterocycles. The lowest BCUT2D eigenvalue weighted by atomic mass is 10.1. The topological polar surface area (TPSA) is 80.7 Å². The van der Waals surface area contributed by atoms with Gasteiger partial charge in [-0.3, -0.25) is 10.1 Å². The van der Waals surface area contributed by atoms with Crippen molar-refractivity contribution in [1.29, 1.82) is 0 Å². The maximum absolute atomic E-state index is 13.3. The molecule has 0 aliphatic heterocycles. The number of nitro groups is 1. The monoisotopic (exact) mass is 287 g/mol. The normalized spacial score (nSPS) is 11.0. The van der Waals surface area contributed by atoms with Crippen molar-refractivity contribution < 1.29 is 14.4 Å². The van der Waals surface area contributed by atoms with Crippen LogP contribution < -0.4 is 0 Å². The minimum Gasteiger partial charge on any atom is -0.392 e. The Morgan fingerprint density at radius 2 is 2.10 bits per heavy atom. The first-order valence-electron chi connectivity index (χ1n) is 6.11. The van der Waals surface area contributed by atoms with Crippen LogP contribution in [0.5, 0.6) is 0 Å². The highest BCUT2D eigenvalue weighted by Crippen LogP contribution is 2.26. The molecule has 106 valence electrons. The molecule has 3 aromatic rings. The van der Waals surface area contributed by atoms with Gasteiger partial charge in [0.25, 0.3) is 0 Å². The van der Waals surface area contributed by atoms with Crippen LogP contribution in [-0.2, 0) is 6.61 Å². The zero-order valence-electron chi connectivity index (χ0n) is 10.7. The van der Waals surface area contributed by atoms with Crippen LogP contribution in [0.15, 0.2) is 42.7 Å². The van der Waals surface area contributed by atoms with Gasteiger partial charge < -0.3 is 9.51 Å². The lowest BCUT2D eigenvalue weighted by Gasteiger charge is -1.97. The molecular formula is C14H10FN3O3. The Morgan fingerprint density at radius 3 is 2.81 bits per heavy atom. The summed E-state index contributed by atoms with van der Waals surface area (Å²) >= 11 is 0. The molecule has 7 heteroatoms. The molecule has 0 saturated carbocycles. The van der Waals surface area contributed by atoms with Crippen LogP contribution in [-0.4, -0.2) is 19.4 Å². The molecular weight excluding hydrogens is 277 g/mol. The van der Waals surface area contributed by atoms with E-state index in [1.807, 2.05) is 0 Å². The fraction of sp³-hybridized carbons (Fsp3) is 0.0714. The van der Waals surface area contributed by atoms with Gasteiger partial charge in [-0.25, -0.2) is 4.98 Å². The molecule has 0 radical (unpaired) electrons. The van der Waals surface area contributed by atoms with Crippen LogP contribution in [0.1, 0.15) is 5.56 Å². The Kier molecular flexibility index (Phi) is 3.11. The van der Waals surface area contributed by atoms with Crippen molar-refractivity contribution in [3.63, 3.8) is 0 Å². The molecule has 0 bridgehead atoms. The molecule has 1 aromatic carbocycles. The predicted molar refractivity (Wildman–Crippen MR) is 73.2 cm³/mol. The first-order valence-corrected chi connectivity index (χ1v) is 6.11. The molecule has 0 amide bonds. The number of imidazole rings is 1. The molecule has 1 N–H and O–H groups in total. The van der Waals surface area contributed by atoms with Crippen LogP contribution in [0.4, 0.5) is 10.1 Å². The van der Waals surface area contributed by atoms with E-state index in [0.717, 1.165) is 17.7 Å². The minimum atomic E-state index is -0.880. The highest BCUT2D eigenvalue weighted by atomic mass is 19.1. The van der Waals surface area contributed by atoms with Gasteiger partial charge in [0.15, 0.2) is 0 Å². The zero-order chi connectivity index (χ0) is 15.0. The van der Waals surface area contributed by atoms with Crippen LogP contribution >= 0.6 is 0 Å². The maximum Gasteiger partial charge on any atom is 0.305 e. The number of rotatable bonds is 3. The second-order valence-electron chi connectivity index (χ2n) is 4.51. The van der Waals surface area contributed by atoms with Gasteiger partial charge in [-0.2, -0.15) is 4.39 Å². The number of hydrogen-bond donors (Lipinski definition) is 1. The highest BCUT2D eigenvalue weighted by Gasteiger charge is 2.16. The summed E-state index contributed by atoms with van der Waals surface area (Å²) in [5.41, 5.74) is 1.72. The van der Waals surface area contributed by atoms with Crippen molar-refractivity contribution in [1.82, 2.24) is 9.38 Å². The summed E-state index contributed by atoms with van der Waals surface area (Å²) in [6.07, 6.45) is 3.38. The molecule has 0 spiro atoms. The summed E-state index contributed by atoms with van der Waals surface area (Å²) in [5.74, 6) is -0.880. The molecule has 21 heavy (non-hydrogen) atoms. The van der Waals surface area contributed by atoms with E-state index in [-0.39, 0.29) is 6.61 Å². The van der Waals surface area contributed by atoms with Gasteiger partial charge in [0.1, 0.15) is 5.65 Å². The first kappa shape index (κ1) is 13.2. The Hall–Kier alpha value is -2.80. The number of aliphatic hydroxyl groups excluding tert-OH is 1. The number of fused-ring (bicyclic) bond motifs is 1. The van der Waals surface area contributed by atoms with Gasteiger partial charge in [-0.1, -0.05) is 6.07 Å². The number of aliphatic hydroxyl groups is 1. The van der Waals surface area contributed by atoms with Gasteiger partial charge in [0.2, 0.25) is 5.82 Å². The summed E-state index contributed by atoms with van der Waals surface area (Å²) in [5, 5.41) is 19.9. The van der Waals surface area contributed by atoms with Gasteiger partial charge in [-0.05, 0) is 23.8 Å². The van der Waals surface area contributed by atoms with E-state index in [4.69, 9.17) is 5.11 Å². The van der Waals surface area contributed by atoms with Crippen LogP contribution in [0.25, 0.3) is 16.9 Å². The summed E-state index contributed by atoms with van der Waals surface area (Å²) in [4.78, 5) is 14.3. The number of pyridine rings is 1. The summed E-state index contributed by atoms with van der Waals surface area (Å²) in [7, 11) is 0. The molecule has 0 saturated heterocycles. The van der Waals surface area contributed by atoms with E-state index >= 15 is 0 Å². The van der Waals surface area contributed by atoms with E-state index < -0.39 is 16.4 Å². The fourth-order valence-corrected chi connectivity index (χ4v) is 2.08. The van der Waals surface area contributed by atoms with E-state index in [0.29, 0.717) is 16.9 Å². The zero-order valence-corrected chi connectivity index (χ0v) is 10.7. The van der Waals surface area contributed by atoms with Crippen LogP contribution in [0.3, 0.4) is 0 Å². The van der Waals surface area contributed by atoms with Gasteiger partial charge in [-0.15, -0.1) is 0 Å². The second-order valence-corrected chi connectivity index (χ2v) is 4.51. The van der Waals surface area contributed by atoms with E-state index in [1.165, 1.54) is 6.07 Å². The molecule has 0 aliphatic rings. The van der Waals surface area contributed by atoms with Crippen LogP contribution in [0, 0.1) is 15.9 Å². The van der Waals surface area contributed by atoms with Crippen molar-refractivity contribution in [2.45, 2.75) is 6.61 Å². The molecule has 6 nitrogen and oxygen atoms in total. The number of benzene rings is 1. The van der Waals surface area contributed by atoms with E-state index in [1.54, 1.807) is 28.9 Å². The largest absolute Gasteiger partial charge is 0.392 e. The summed E-state index contributed by atoms with van der Waals surface area (Å²) in [6, 6.07) is 7.12. The Bertz CT molecular complexity index is 845. The SMILES string of the molecule is O=[N+]([O-])c1cc(-c2cn3cc(CO)ccc3n2)ccc1F. The Morgan fingerprint density at radius 1 is 1.29 bits per heavy atom. The smallest absolute Gasteiger partial charge is 0.305 e. The van der Waals surface area contributed by atoms with Gasteiger partial charge in [0.05, 0.1) is 17.2 Å². The molecule has 2 aromatic heterocycles. The third-order valence-corrected chi connectivity index (χ3v) is 3.13. The lowest BCUT2D eigenvalue weighted by molar-refractivity contribution is -0.387. The van der Waals surface area contributed by atoms with Crippen molar-refractivity contribution in [2.75, 3.05) is 0 Å². The Balaban J connectivity index is 2.12. The number of aromatic nitrogens is 2. The maximum atomic E-state index is 13.3. The lowest BCUT2D eigenvalue weighted by Crippen LogP contribution is -1.92. The number of hydrogen-bond acceptors (Lipinski definition) is 4. The highest BCUT2D eigenvalue weighted by molar-refractivity contribution is 5.65. The summed E-state index contributed by atoms with van der Waals surface area (Å²) in [6.45, 7) is -0.0918. The third kappa shape index (κ3) is 2.34. The predicted octanol–water partition coefficient (Wildman–Crippen LogP) is 2.54. The number of nitrogens with zero attached hydrogens (tertiary/aromatic N) is 3. The fourth-order valence-electron chi connectivity index (χ4n) is 2.08. The van der Waals surface area contributed by atoms with E-state index in [9.17, 15) is 14.5 Å². The summed E-state index contributed by atoms with van der Waals surface area (Å²) < 4.78 is 15.0. The quantitative estimate of drug-likeness (QED) is 0.593. The van der Waals surface area contributed by atoms with Crippen molar-refractivity contribution in [3.05, 3.63) is 64.2 Å². The van der Waals surface area contributed by atoms with Crippen molar-refractivity contribution in [2.24, 2.45) is 0 Å². The molecule has 0 atom stereocenters. The average molecular weight is 287 g/mol. The Labute approximate surface area is 118 Å². The molecule has 0 unspecified atom stereocenters. The average Bonchev–Trinajstić information content (AvgIpc) is 2.90. The first-order chi connectivity index (χ1) is 10.1.